The van der Waals surface area contributed by atoms with Crippen LogP contribution < -0.4 is 4.74 Å². The van der Waals surface area contributed by atoms with Crippen molar-refractivity contribution in [2.45, 2.75) is 5.92 Å². The fourth-order valence-corrected chi connectivity index (χ4v) is 2.10. The van der Waals surface area contributed by atoms with Gasteiger partial charge in [-0.3, -0.25) is 10.1 Å². The van der Waals surface area contributed by atoms with E-state index in [2.05, 4.69) is 0 Å². The molecule has 19 heavy (non-hydrogen) atoms. The maximum absolute atomic E-state index is 10.9. The zero-order valence-corrected chi connectivity index (χ0v) is 10.7. The summed E-state index contributed by atoms with van der Waals surface area (Å²) in [7, 11) is 1.59. The van der Waals surface area contributed by atoms with E-state index in [1.165, 1.54) is 0 Å². The second-order valence-electron chi connectivity index (χ2n) is 4.26. The van der Waals surface area contributed by atoms with Gasteiger partial charge in [-0.15, -0.1) is 0 Å². The van der Waals surface area contributed by atoms with Gasteiger partial charge in [0.15, 0.2) is 0 Å². The number of rotatable bonds is 5. The number of hydrogen-bond acceptors (Lipinski definition) is 3. The van der Waals surface area contributed by atoms with Crippen LogP contribution in [0, 0.1) is 10.1 Å². The van der Waals surface area contributed by atoms with E-state index in [9.17, 15) is 10.1 Å². The zero-order valence-electron chi connectivity index (χ0n) is 10.7. The van der Waals surface area contributed by atoms with Gasteiger partial charge in [0.1, 0.15) is 5.75 Å². The van der Waals surface area contributed by atoms with Crippen molar-refractivity contribution in [3.63, 3.8) is 0 Å². The Bertz CT molecular complexity index is 554. The van der Waals surface area contributed by atoms with Crippen LogP contribution >= 0.6 is 0 Å². The smallest absolute Gasteiger partial charge is 0.214 e. The van der Waals surface area contributed by atoms with E-state index in [1.54, 1.807) is 7.11 Å². The zero-order chi connectivity index (χ0) is 13.7. The molecular weight excluding hydrogens is 242 g/mol. The fraction of sp³-hybridized carbons (Fsp3) is 0.200. The molecule has 0 radical (unpaired) electrons. The molecule has 0 aliphatic rings. The highest BCUT2D eigenvalue weighted by molar-refractivity contribution is 5.37. The second-order valence-corrected chi connectivity index (χ2v) is 4.26. The van der Waals surface area contributed by atoms with Gasteiger partial charge in [-0.2, -0.15) is 0 Å². The quantitative estimate of drug-likeness (QED) is 0.611. The van der Waals surface area contributed by atoms with E-state index < -0.39 is 0 Å². The first kappa shape index (κ1) is 13.1. The van der Waals surface area contributed by atoms with Crippen molar-refractivity contribution < 1.29 is 9.66 Å². The molecule has 0 heterocycles. The van der Waals surface area contributed by atoms with Crippen LogP contribution in [0.4, 0.5) is 0 Å². The van der Waals surface area contributed by atoms with Crippen LogP contribution in [-0.4, -0.2) is 18.6 Å². The lowest BCUT2D eigenvalue weighted by molar-refractivity contribution is -0.481. The summed E-state index contributed by atoms with van der Waals surface area (Å²) >= 11 is 0. The second kappa shape index (κ2) is 6.00. The molecular formula is C15H15NO3. The van der Waals surface area contributed by atoms with Crippen molar-refractivity contribution in [3.05, 3.63) is 75.8 Å². The first-order valence-corrected chi connectivity index (χ1v) is 6.01. The molecule has 0 saturated heterocycles. The van der Waals surface area contributed by atoms with E-state index in [0.29, 0.717) is 5.75 Å². The summed E-state index contributed by atoms with van der Waals surface area (Å²) in [6.45, 7) is -0.128. The Hall–Kier alpha value is -2.36. The molecule has 0 saturated carbocycles. The van der Waals surface area contributed by atoms with E-state index in [0.717, 1.165) is 11.1 Å². The molecule has 98 valence electrons. The predicted molar refractivity (Wildman–Crippen MR) is 73.1 cm³/mol. The lowest BCUT2D eigenvalue weighted by Gasteiger charge is -2.14. The maximum atomic E-state index is 10.9. The summed E-state index contributed by atoms with van der Waals surface area (Å²) in [6, 6.07) is 16.9. The first-order chi connectivity index (χ1) is 9.20. The van der Waals surface area contributed by atoms with Gasteiger partial charge in [0.2, 0.25) is 6.54 Å². The average molecular weight is 257 g/mol. The third-order valence-electron chi connectivity index (χ3n) is 3.03. The van der Waals surface area contributed by atoms with E-state index in [1.807, 2.05) is 54.6 Å². The number of methoxy groups -OCH3 is 1. The molecule has 4 nitrogen and oxygen atoms in total. The lowest BCUT2D eigenvalue weighted by atomic mass is 9.91. The lowest BCUT2D eigenvalue weighted by Crippen LogP contribution is -2.13. The Kier molecular flexibility index (Phi) is 4.13. The van der Waals surface area contributed by atoms with Gasteiger partial charge in [0.05, 0.1) is 13.0 Å². The van der Waals surface area contributed by atoms with E-state index in [4.69, 9.17) is 4.74 Å². The standard InChI is InChI=1S/C15H15NO3/c1-19-14-9-5-8-13(10-14)15(11-16(17)18)12-6-3-2-4-7-12/h2-10,15H,11H2,1H3/t15-/m0/s1. The summed E-state index contributed by atoms with van der Waals surface area (Å²) < 4.78 is 5.18. The molecule has 0 aliphatic carbocycles. The van der Waals surface area contributed by atoms with Gasteiger partial charge in [-0.25, -0.2) is 0 Å². The van der Waals surface area contributed by atoms with Crippen LogP contribution in [-0.2, 0) is 0 Å². The molecule has 0 spiro atoms. The third-order valence-corrected chi connectivity index (χ3v) is 3.03. The minimum atomic E-state index is -0.281. The number of hydrogen-bond donors (Lipinski definition) is 0. The summed E-state index contributed by atoms with van der Waals surface area (Å²) in [5.74, 6) is 0.452. The maximum Gasteiger partial charge on any atom is 0.214 e. The van der Waals surface area contributed by atoms with Crippen LogP contribution in [0.1, 0.15) is 17.0 Å². The highest BCUT2D eigenvalue weighted by atomic mass is 16.6. The fourth-order valence-electron chi connectivity index (χ4n) is 2.10. The largest absolute Gasteiger partial charge is 0.497 e. The van der Waals surface area contributed by atoms with Gasteiger partial charge < -0.3 is 4.74 Å². The Morgan fingerprint density at radius 2 is 1.79 bits per heavy atom. The van der Waals surface area contributed by atoms with Crippen LogP contribution in [0.25, 0.3) is 0 Å². The van der Waals surface area contributed by atoms with Crippen molar-refractivity contribution in [2.24, 2.45) is 0 Å². The van der Waals surface area contributed by atoms with Gasteiger partial charge in [-0.05, 0) is 23.3 Å². The van der Waals surface area contributed by atoms with Crippen molar-refractivity contribution in [1.82, 2.24) is 0 Å². The molecule has 0 N–H and O–H groups in total. The Balaban J connectivity index is 2.39. The topological polar surface area (TPSA) is 52.4 Å². The average Bonchev–Trinajstić information content (AvgIpc) is 2.45. The molecule has 0 bridgehead atoms. The molecule has 4 heteroatoms. The molecule has 2 aromatic carbocycles. The van der Waals surface area contributed by atoms with Gasteiger partial charge in [0, 0.05) is 4.92 Å². The summed E-state index contributed by atoms with van der Waals surface area (Å²) in [5.41, 5.74) is 1.83. The van der Waals surface area contributed by atoms with Crippen molar-refractivity contribution >= 4 is 0 Å². The highest BCUT2D eigenvalue weighted by Gasteiger charge is 2.20. The summed E-state index contributed by atoms with van der Waals surface area (Å²) in [5, 5.41) is 10.9. The van der Waals surface area contributed by atoms with E-state index in [-0.39, 0.29) is 17.4 Å². The molecule has 0 aromatic heterocycles. The number of nitrogens with zero attached hydrogens (tertiary/aromatic N) is 1. The number of ether oxygens (including phenoxy) is 1. The minimum Gasteiger partial charge on any atom is -0.497 e. The summed E-state index contributed by atoms with van der Waals surface area (Å²) in [4.78, 5) is 10.6. The molecule has 2 rings (SSSR count). The first-order valence-electron chi connectivity index (χ1n) is 6.01. The molecule has 1 atom stereocenters. The summed E-state index contributed by atoms with van der Waals surface area (Å²) in [6.07, 6.45) is 0. The third kappa shape index (κ3) is 3.31. The van der Waals surface area contributed by atoms with Gasteiger partial charge in [-0.1, -0.05) is 42.5 Å². The van der Waals surface area contributed by atoms with Crippen LogP contribution in [0.3, 0.4) is 0 Å². The molecule has 0 fully saturated rings. The van der Waals surface area contributed by atoms with Gasteiger partial charge >= 0.3 is 0 Å². The molecule has 0 aliphatic heterocycles. The Labute approximate surface area is 111 Å². The normalized spacial score (nSPS) is 11.8. The molecule has 0 amide bonds. The van der Waals surface area contributed by atoms with E-state index >= 15 is 0 Å². The molecule has 0 unspecified atom stereocenters. The van der Waals surface area contributed by atoms with Crippen molar-refractivity contribution in [2.75, 3.05) is 13.7 Å². The monoisotopic (exact) mass is 257 g/mol. The number of benzene rings is 2. The Morgan fingerprint density at radius 1 is 1.11 bits per heavy atom. The van der Waals surface area contributed by atoms with Crippen LogP contribution in [0.15, 0.2) is 54.6 Å². The van der Waals surface area contributed by atoms with Crippen molar-refractivity contribution in [1.29, 1.82) is 0 Å². The van der Waals surface area contributed by atoms with Gasteiger partial charge in [0.25, 0.3) is 0 Å². The molecule has 2 aromatic rings. The number of nitro groups is 1. The highest BCUT2D eigenvalue weighted by Crippen LogP contribution is 2.27. The van der Waals surface area contributed by atoms with Crippen LogP contribution in [0.2, 0.25) is 0 Å². The minimum absolute atomic E-state index is 0.128. The Morgan fingerprint density at radius 3 is 2.42 bits per heavy atom. The predicted octanol–water partition coefficient (Wildman–Crippen LogP) is 3.10. The SMILES string of the molecule is COc1cccc([C@@H](C[N+](=O)[O-])c2ccccc2)c1. The van der Waals surface area contributed by atoms with Crippen molar-refractivity contribution in [3.8, 4) is 5.75 Å². The van der Waals surface area contributed by atoms with Crippen LogP contribution in [0.5, 0.6) is 5.75 Å².